The van der Waals surface area contributed by atoms with Crippen LogP contribution in [0.3, 0.4) is 0 Å². The number of nitrogens with zero attached hydrogens (tertiary/aromatic N) is 2. The third-order valence-electron chi connectivity index (χ3n) is 3.46. The Balaban J connectivity index is 2.14. The number of fused-ring (bicyclic) bond motifs is 1. The Hall–Kier alpha value is -0.680. The summed E-state index contributed by atoms with van der Waals surface area (Å²) in [6.45, 7) is 0. The van der Waals surface area contributed by atoms with Gasteiger partial charge >= 0.3 is 0 Å². The summed E-state index contributed by atoms with van der Waals surface area (Å²) in [5.74, 6) is 0. The maximum atomic E-state index is 5.43. The summed E-state index contributed by atoms with van der Waals surface area (Å²) in [6.07, 6.45) is 8.23. The molecule has 3 nitrogen and oxygen atoms in total. The van der Waals surface area contributed by atoms with Crippen LogP contribution in [0.1, 0.15) is 38.1 Å². The van der Waals surface area contributed by atoms with Crippen LogP contribution in [0.15, 0.2) is 16.7 Å². The second-order valence-electron chi connectivity index (χ2n) is 4.62. The highest BCUT2D eigenvalue weighted by atomic mass is 79.9. The third kappa shape index (κ3) is 2.06. The minimum absolute atomic E-state index is 0.527. The van der Waals surface area contributed by atoms with Crippen LogP contribution in [0.5, 0.6) is 0 Å². The van der Waals surface area contributed by atoms with Crippen molar-refractivity contribution in [3.8, 4) is 0 Å². The lowest BCUT2D eigenvalue weighted by atomic mass is 9.95. The Morgan fingerprint density at radius 1 is 1.35 bits per heavy atom. The fourth-order valence-corrected chi connectivity index (χ4v) is 3.34. The zero-order chi connectivity index (χ0) is 11.8. The first-order valence-electron chi connectivity index (χ1n) is 6.01. The molecule has 2 aromatic rings. The van der Waals surface area contributed by atoms with Gasteiger partial charge in [-0.25, -0.2) is 4.98 Å². The summed E-state index contributed by atoms with van der Waals surface area (Å²) < 4.78 is 3.99. The first kappa shape index (κ1) is 11.4. The van der Waals surface area contributed by atoms with Gasteiger partial charge in [-0.05, 0) is 47.1 Å². The van der Waals surface area contributed by atoms with Gasteiger partial charge in [0.2, 0.25) is 0 Å². The van der Waals surface area contributed by atoms with Gasteiger partial charge in [0.25, 0.3) is 0 Å². The predicted molar refractivity (Wildman–Crippen MR) is 74.7 cm³/mol. The monoisotopic (exact) mass is 311 g/mol. The standard InChI is InChI=1S/C12H14BrN3S/c13-8-6-10-11(14-7-8)16(12(17)15-10)9-4-2-1-3-5-9/h6-7,9H,1-5H2,(H,15,17). The molecule has 0 radical (unpaired) electrons. The molecular weight excluding hydrogens is 298 g/mol. The smallest absolute Gasteiger partial charge is 0.179 e. The highest BCUT2D eigenvalue weighted by molar-refractivity contribution is 9.10. The first-order chi connectivity index (χ1) is 8.25. The van der Waals surface area contributed by atoms with Crippen molar-refractivity contribution in [3.63, 3.8) is 0 Å². The van der Waals surface area contributed by atoms with Gasteiger partial charge in [0, 0.05) is 16.7 Å². The van der Waals surface area contributed by atoms with Crippen molar-refractivity contribution in [1.29, 1.82) is 0 Å². The van der Waals surface area contributed by atoms with E-state index in [2.05, 4.69) is 30.5 Å². The van der Waals surface area contributed by atoms with Gasteiger partial charge in [0.05, 0.1) is 5.52 Å². The van der Waals surface area contributed by atoms with Crippen molar-refractivity contribution in [2.45, 2.75) is 38.1 Å². The number of pyridine rings is 1. The van der Waals surface area contributed by atoms with Crippen molar-refractivity contribution in [3.05, 3.63) is 21.5 Å². The predicted octanol–water partition coefficient (Wildman–Crippen LogP) is 4.36. The topological polar surface area (TPSA) is 33.6 Å². The van der Waals surface area contributed by atoms with Crippen molar-refractivity contribution < 1.29 is 0 Å². The van der Waals surface area contributed by atoms with Crippen LogP contribution in [0.25, 0.3) is 11.2 Å². The molecule has 1 aliphatic carbocycles. The average molecular weight is 312 g/mol. The highest BCUT2D eigenvalue weighted by Crippen LogP contribution is 2.31. The lowest BCUT2D eigenvalue weighted by molar-refractivity contribution is 0.356. The number of hydrogen-bond acceptors (Lipinski definition) is 2. The molecule has 3 rings (SSSR count). The molecule has 17 heavy (non-hydrogen) atoms. The Morgan fingerprint density at radius 3 is 2.88 bits per heavy atom. The summed E-state index contributed by atoms with van der Waals surface area (Å²) in [5.41, 5.74) is 2.01. The van der Waals surface area contributed by atoms with Gasteiger partial charge in [-0.3, -0.25) is 4.57 Å². The van der Waals surface area contributed by atoms with Gasteiger partial charge in [0.1, 0.15) is 0 Å². The molecule has 0 saturated heterocycles. The summed E-state index contributed by atoms with van der Waals surface area (Å²) >= 11 is 8.87. The van der Waals surface area contributed by atoms with Crippen molar-refractivity contribution in [1.82, 2.24) is 14.5 Å². The van der Waals surface area contributed by atoms with E-state index in [1.165, 1.54) is 32.1 Å². The molecule has 90 valence electrons. The molecule has 1 fully saturated rings. The van der Waals surface area contributed by atoms with Crippen LogP contribution >= 0.6 is 28.1 Å². The van der Waals surface area contributed by atoms with Crippen LogP contribution in [-0.4, -0.2) is 14.5 Å². The van der Waals surface area contributed by atoms with E-state index in [1.54, 1.807) is 0 Å². The maximum Gasteiger partial charge on any atom is 0.179 e. The fraction of sp³-hybridized carbons (Fsp3) is 0.500. The van der Waals surface area contributed by atoms with E-state index in [0.717, 1.165) is 20.4 Å². The van der Waals surface area contributed by atoms with Crippen LogP contribution in [-0.2, 0) is 0 Å². The zero-order valence-corrected chi connectivity index (χ0v) is 11.9. The van der Waals surface area contributed by atoms with Crippen LogP contribution in [0.2, 0.25) is 0 Å². The van der Waals surface area contributed by atoms with E-state index < -0.39 is 0 Å². The van der Waals surface area contributed by atoms with Crippen LogP contribution < -0.4 is 0 Å². The Bertz CT molecular complexity index is 595. The van der Waals surface area contributed by atoms with Crippen molar-refractivity contribution in [2.75, 3.05) is 0 Å². The number of halogens is 1. The highest BCUT2D eigenvalue weighted by Gasteiger charge is 2.19. The normalized spacial score (nSPS) is 17.7. The van der Waals surface area contributed by atoms with E-state index in [1.807, 2.05) is 12.3 Å². The molecule has 0 atom stereocenters. The molecule has 0 amide bonds. The second-order valence-corrected chi connectivity index (χ2v) is 5.92. The lowest BCUT2D eigenvalue weighted by Crippen LogP contribution is -2.13. The Morgan fingerprint density at radius 2 is 2.12 bits per heavy atom. The second kappa shape index (κ2) is 4.53. The van der Waals surface area contributed by atoms with Crippen LogP contribution in [0, 0.1) is 4.77 Å². The molecule has 0 bridgehead atoms. The first-order valence-corrected chi connectivity index (χ1v) is 7.21. The molecule has 5 heteroatoms. The molecule has 1 aliphatic rings. The molecular formula is C12H14BrN3S. The number of rotatable bonds is 1. The summed E-state index contributed by atoms with van der Waals surface area (Å²) in [6, 6.07) is 2.57. The summed E-state index contributed by atoms with van der Waals surface area (Å²) in [5, 5.41) is 0. The van der Waals surface area contributed by atoms with Gasteiger partial charge in [-0.15, -0.1) is 0 Å². The Kier molecular flexibility index (Phi) is 3.04. The number of hydrogen-bond donors (Lipinski definition) is 1. The fourth-order valence-electron chi connectivity index (χ4n) is 2.67. The van der Waals surface area contributed by atoms with E-state index in [0.29, 0.717) is 6.04 Å². The van der Waals surface area contributed by atoms with Crippen molar-refractivity contribution >= 4 is 39.3 Å². The molecule has 0 aromatic carbocycles. The Labute approximate surface area is 113 Å². The maximum absolute atomic E-state index is 5.43. The van der Waals surface area contributed by atoms with Crippen molar-refractivity contribution in [2.24, 2.45) is 0 Å². The van der Waals surface area contributed by atoms with Gasteiger partial charge < -0.3 is 4.98 Å². The number of imidazole rings is 1. The minimum Gasteiger partial charge on any atom is -0.329 e. The lowest BCUT2D eigenvalue weighted by Gasteiger charge is -2.23. The average Bonchev–Trinajstić information content (AvgIpc) is 2.65. The third-order valence-corrected chi connectivity index (χ3v) is 4.19. The summed E-state index contributed by atoms with van der Waals surface area (Å²) in [4.78, 5) is 7.75. The van der Waals surface area contributed by atoms with E-state index in [4.69, 9.17) is 12.2 Å². The van der Waals surface area contributed by atoms with Gasteiger partial charge in [-0.2, -0.15) is 0 Å². The molecule has 0 unspecified atom stereocenters. The summed E-state index contributed by atoms with van der Waals surface area (Å²) in [7, 11) is 0. The van der Waals surface area contributed by atoms with Gasteiger partial charge in [-0.1, -0.05) is 19.3 Å². The number of H-pyrrole nitrogens is 1. The molecule has 2 aromatic heterocycles. The minimum atomic E-state index is 0.527. The van der Waals surface area contributed by atoms with E-state index >= 15 is 0 Å². The van der Waals surface area contributed by atoms with Crippen LogP contribution in [0.4, 0.5) is 0 Å². The number of aromatic nitrogens is 3. The molecule has 1 saturated carbocycles. The molecule has 2 heterocycles. The number of aromatic amines is 1. The SMILES string of the molecule is S=c1[nH]c2cc(Br)cnc2n1C1CCCCC1. The van der Waals surface area contributed by atoms with E-state index in [-0.39, 0.29) is 0 Å². The quantitative estimate of drug-likeness (QED) is 0.794. The zero-order valence-electron chi connectivity index (χ0n) is 9.45. The molecule has 1 N–H and O–H groups in total. The number of nitrogens with one attached hydrogen (secondary N) is 1. The molecule has 0 spiro atoms. The largest absolute Gasteiger partial charge is 0.329 e. The van der Waals surface area contributed by atoms with E-state index in [9.17, 15) is 0 Å². The van der Waals surface area contributed by atoms with Gasteiger partial charge in [0.15, 0.2) is 10.4 Å². The molecule has 0 aliphatic heterocycles.